The van der Waals surface area contributed by atoms with Crippen LogP contribution in [0, 0.1) is 0 Å². The summed E-state index contributed by atoms with van der Waals surface area (Å²) in [7, 11) is 1.72. The number of nitrogens with one attached hydrogen (secondary N) is 1. The van der Waals surface area contributed by atoms with Gasteiger partial charge in [0.2, 0.25) is 0 Å². The van der Waals surface area contributed by atoms with E-state index in [0.29, 0.717) is 6.04 Å². The van der Waals surface area contributed by atoms with Crippen LogP contribution < -0.4 is 10.1 Å². The summed E-state index contributed by atoms with van der Waals surface area (Å²) in [6.07, 6.45) is 5.32. The van der Waals surface area contributed by atoms with E-state index in [-0.39, 0.29) is 12.4 Å². The van der Waals surface area contributed by atoms with E-state index in [1.807, 2.05) is 6.07 Å². The third kappa shape index (κ3) is 4.12. The third-order valence-corrected chi connectivity index (χ3v) is 4.27. The van der Waals surface area contributed by atoms with E-state index in [4.69, 9.17) is 4.74 Å². The van der Waals surface area contributed by atoms with Gasteiger partial charge < -0.3 is 10.1 Å². The molecular formula is C13H18Br2ClNO. The first-order valence-corrected chi connectivity index (χ1v) is 7.54. The molecule has 18 heavy (non-hydrogen) atoms. The molecule has 0 spiro atoms. The molecule has 0 bridgehead atoms. The molecule has 2 rings (SSSR count). The number of rotatable bonds is 4. The Morgan fingerprint density at radius 2 is 1.94 bits per heavy atom. The number of halogens is 3. The number of methoxy groups -OCH3 is 1. The molecule has 0 saturated heterocycles. The van der Waals surface area contributed by atoms with Crippen LogP contribution in [0.3, 0.4) is 0 Å². The lowest BCUT2D eigenvalue weighted by molar-refractivity contribution is 0.402. The molecule has 0 aliphatic heterocycles. The summed E-state index contributed by atoms with van der Waals surface area (Å²) in [6, 6.07) is 4.81. The van der Waals surface area contributed by atoms with Gasteiger partial charge >= 0.3 is 0 Å². The largest absolute Gasteiger partial charge is 0.495 e. The van der Waals surface area contributed by atoms with Crippen LogP contribution in [0.15, 0.2) is 21.1 Å². The van der Waals surface area contributed by atoms with Crippen molar-refractivity contribution in [1.82, 2.24) is 5.32 Å². The van der Waals surface area contributed by atoms with Crippen molar-refractivity contribution in [2.75, 3.05) is 7.11 Å². The van der Waals surface area contributed by atoms with Crippen molar-refractivity contribution in [2.24, 2.45) is 0 Å². The van der Waals surface area contributed by atoms with Crippen LogP contribution in [0.1, 0.15) is 31.2 Å². The fourth-order valence-electron chi connectivity index (χ4n) is 2.36. The van der Waals surface area contributed by atoms with Gasteiger partial charge in [0.05, 0.1) is 11.6 Å². The Morgan fingerprint density at radius 1 is 1.28 bits per heavy atom. The van der Waals surface area contributed by atoms with Crippen molar-refractivity contribution in [2.45, 2.75) is 38.3 Å². The van der Waals surface area contributed by atoms with E-state index in [1.165, 1.54) is 31.2 Å². The molecule has 1 aromatic carbocycles. The lowest BCUT2D eigenvalue weighted by atomic mass is 10.1. The van der Waals surface area contributed by atoms with Crippen LogP contribution in [0.25, 0.3) is 0 Å². The van der Waals surface area contributed by atoms with Crippen molar-refractivity contribution in [1.29, 1.82) is 0 Å². The first-order chi connectivity index (χ1) is 8.20. The molecule has 0 aromatic heterocycles. The Bertz CT molecular complexity index is 395. The minimum atomic E-state index is 0. The molecule has 1 aliphatic carbocycles. The van der Waals surface area contributed by atoms with E-state index >= 15 is 0 Å². The second-order valence-corrected chi connectivity index (χ2v) is 6.21. The van der Waals surface area contributed by atoms with Crippen LogP contribution in [0.4, 0.5) is 0 Å². The number of ether oxygens (including phenoxy) is 1. The van der Waals surface area contributed by atoms with E-state index < -0.39 is 0 Å². The Balaban J connectivity index is 0.00000162. The number of benzene rings is 1. The van der Waals surface area contributed by atoms with Crippen LogP contribution >= 0.6 is 44.3 Å². The first kappa shape index (κ1) is 16.3. The Hall–Kier alpha value is 0.230. The molecular weight excluding hydrogens is 381 g/mol. The van der Waals surface area contributed by atoms with E-state index in [2.05, 4.69) is 43.2 Å². The van der Waals surface area contributed by atoms with Crippen molar-refractivity contribution < 1.29 is 4.74 Å². The average Bonchev–Trinajstić information content (AvgIpc) is 2.78. The zero-order chi connectivity index (χ0) is 12.3. The smallest absolute Gasteiger partial charge is 0.137 e. The highest BCUT2D eigenvalue weighted by molar-refractivity contribution is 9.11. The second-order valence-electron chi connectivity index (χ2n) is 4.44. The minimum absolute atomic E-state index is 0. The molecule has 1 N–H and O–H groups in total. The van der Waals surface area contributed by atoms with Gasteiger partial charge in [0.1, 0.15) is 5.75 Å². The van der Waals surface area contributed by atoms with Gasteiger partial charge in [-0.05, 0) is 40.9 Å². The van der Waals surface area contributed by atoms with Crippen molar-refractivity contribution in [3.05, 3.63) is 26.6 Å². The SMILES string of the molecule is COc1c(Br)cc(Br)cc1CNC1CCCC1.Cl. The highest BCUT2D eigenvalue weighted by Crippen LogP contribution is 2.33. The standard InChI is InChI=1S/C13H17Br2NO.ClH/c1-17-13-9(6-10(14)7-12(13)15)8-16-11-4-2-3-5-11;/h6-7,11,16H,2-5,8H2,1H3;1H. The molecule has 1 saturated carbocycles. The molecule has 102 valence electrons. The Morgan fingerprint density at radius 3 is 2.56 bits per heavy atom. The van der Waals surface area contributed by atoms with E-state index in [0.717, 1.165) is 21.2 Å². The van der Waals surface area contributed by atoms with Crippen LogP contribution in [-0.2, 0) is 6.54 Å². The second kappa shape index (κ2) is 7.73. The molecule has 0 heterocycles. The van der Waals surface area contributed by atoms with E-state index in [1.54, 1.807) is 7.11 Å². The predicted molar refractivity (Wildman–Crippen MR) is 84.7 cm³/mol. The maximum atomic E-state index is 5.44. The summed E-state index contributed by atoms with van der Waals surface area (Å²) in [5.74, 6) is 0.929. The van der Waals surface area contributed by atoms with Crippen molar-refractivity contribution in [3.8, 4) is 5.75 Å². The summed E-state index contributed by atoms with van der Waals surface area (Å²) in [6.45, 7) is 0.867. The van der Waals surface area contributed by atoms with Gasteiger partial charge in [-0.1, -0.05) is 28.8 Å². The quantitative estimate of drug-likeness (QED) is 0.794. The molecule has 1 aromatic rings. The maximum absolute atomic E-state index is 5.44. The molecule has 1 aliphatic rings. The van der Waals surface area contributed by atoms with Gasteiger partial charge in [-0.2, -0.15) is 0 Å². The van der Waals surface area contributed by atoms with Gasteiger partial charge in [-0.15, -0.1) is 12.4 Å². The number of hydrogen-bond acceptors (Lipinski definition) is 2. The topological polar surface area (TPSA) is 21.3 Å². The Labute approximate surface area is 132 Å². The van der Waals surface area contributed by atoms with Crippen molar-refractivity contribution in [3.63, 3.8) is 0 Å². The summed E-state index contributed by atoms with van der Waals surface area (Å²) in [5, 5.41) is 3.61. The molecule has 2 nitrogen and oxygen atoms in total. The third-order valence-electron chi connectivity index (χ3n) is 3.23. The van der Waals surface area contributed by atoms with Crippen LogP contribution in [0.2, 0.25) is 0 Å². The van der Waals surface area contributed by atoms with Gasteiger partial charge in [-0.3, -0.25) is 0 Å². The molecule has 0 atom stereocenters. The zero-order valence-corrected chi connectivity index (χ0v) is 14.3. The minimum Gasteiger partial charge on any atom is -0.495 e. The van der Waals surface area contributed by atoms with Gasteiger partial charge in [0.25, 0.3) is 0 Å². The normalized spacial score (nSPS) is 15.5. The maximum Gasteiger partial charge on any atom is 0.137 e. The lowest BCUT2D eigenvalue weighted by Gasteiger charge is -2.15. The fourth-order valence-corrected chi connectivity index (χ4v) is 3.83. The fraction of sp³-hybridized carbons (Fsp3) is 0.538. The molecule has 1 fully saturated rings. The highest BCUT2D eigenvalue weighted by Gasteiger charge is 2.15. The lowest BCUT2D eigenvalue weighted by Crippen LogP contribution is -2.25. The van der Waals surface area contributed by atoms with Gasteiger partial charge in [0, 0.05) is 22.6 Å². The molecule has 0 radical (unpaired) electrons. The summed E-state index contributed by atoms with van der Waals surface area (Å²) >= 11 is 7.05. The molecule has 0 amide bonds. The molecule has 5 heteroatoms. The molecule has 0 unspecified atom stereocenters. The number of hydrogen-bond donors (Lipinski definition) is 1. The van der Waals surface area contributed by atoms with Crippen molar-refractivity contribution >= 4 is 44.3 Å². The summed E-state index contributed by atoms with van der Waals surface area (Å²) in [5.41, 5.74) is 1.20. The van der Waals surface area contributed by atoms with Gasteiger partial charge in [0.15, 0.2) is 0 Å². The average molecular weight is 400 g/mol. The predicted octanol–water partition coefficient (Wildman–Crippen LogP) is 4.67. The van der Waals surface area contributed by atoms with Gasteiger partial charge in [-0.25, -0.2) is 0 Å². The first-order valence-electron chi connectivity index (χ1n) is 5.96. The summed E-state index contributed by atoms with van der Waals surface area (Å²) < 4.78 is 7.51. The Kier molecular flexibility index (Phi) is 6.99. The summed E-state index contributed by atoms with van der Waals surface area (Å²) in [4.78, 5) is 0. The van der Waals surface area contributed by atoms with Crippen LogP contribution in [-0.4, -0.2) is 13.2 Å². The van der Waals surface area contributed by atoms with E-state index in [9.17, 15) is 0 Å². The zero-order valence-electron chi connectivity index (χ0n) is 10.3. The van der Waals surface area contributed by atoms with Crippen LogP contribution in [0.5, 0.6) is 5.75 Å². The monoisotopic (exact) mass is 397 g/mol. The highest BCUT2D eigenvalue weighted by atomic mass is 79.9.